The van der Waals surface area contributed by atoms with Gasteiger partial charge in [-0.3, -0.25) is 0 Å². The summed E-state index contributed by atoms with van der Waals surface area (Å²) in [6.07, 6.45) is 2.50. The van der Waals surface area contributed by atoms with Gasteiger partial charge in [-0.15, -0.1) is 0 Å². The van der Waals surface area contributed by atoms with Crippen LogP contribution in [0.15, 0.2) is 0 Å². The first-order valence-corrected chi connectivity index (χ1v) is 5.38. The zero-order valence-electron chi connectivity index (χ0n) is 7.28. The second kappa shape index (κ2) is 10.0. The number of hydrogen-bond donors (Lipinski definition) is 3. The molecule has 0 aromatic heterocycles. The molecule has 5 nitrogen and oxygen atoms in total. The SMILES string of the molecule is CSCC[C@H](N)C(=O)ONC(N)=S.[NaH]. The van der Waals surface area contributed by atoms with Gasteiger partial charge >= 0.3 is 35.5 Å². The van der Waals surface area contributed by atoms with Crippen molar-refractivity contribution in [3.8, 4) is 0 Å². The van der Waals surface area contributed by atoms with Gasteiger partial charge in [-0.1, -0.05) is 0 Å². The third-order valence-corrected chi connectivity index (χ3v) is 1.92. The molecule has 0 rings (SSSR count). The molecule has 8 heteroatoms. The van der Waals surface area contributed by atoms with Crippen LogP contribution >= 0.6 is 24.0 Å². The van der Waals surface area contributed by atoms with Gasteiger partial charge < -0.3 is 16.3 Å². The van der Waals surface area contributed by atoms with Gasteiger partial charge in [0, 0.05) is 0 Å². The van der Waals surface area contributed by atoms with Crippen molar-refractivity contribution < 1.29 is 9.63 Å². The minimum absolute atomic E-state index is 0. The summed E-state index contributed by atoms with van der Waals surface area (Å²) >= 11 is 6.05. The molecule has 1 atom stereocenters. The Hall–Kier alpha value is 0.470. The fraction of sp³-hybridized carbons (Fsp3) is 0.667. The summed E-state index contributed by atoms with van der Waals surface area (Å²) in [6, 6.07) is -0.630. The molecule has 78 valence electrons. The van der Waals surface area contributed by atoms with Crippen LogP contribution in [0.25, 0.3) is 0 Å². The van der Waals surface area contributed by atoms with Gasteiger partial charge in [0.05, 0.1) is 0 Å². The van der Waals surface area contributed by atoms with Crippen LogP contribution in [-0.2, 0) is 9.63 Å². The fourth-order valence-electron chi connectivity index (χ4n) is 0.539. The number of rotatable bonds is 4. The fourth-order valence-corrected chi connectivity index (χ4v) is 1.07. The molecule has 0 saturated carbocycles. The minimum atomic E-state index is -0.630. The Balaban J connectivity index is 0. The van der Waals surface area contributed by atoms with Crippen LogP contribution in [0, 0.1) is 0 Å². The molecule has 0 aliphatic rings. The third-order valence-electron chi connectivity index (χ3n) is 1.19. The monoisotopic (exact) mass is 247 g/mol. The molecule has 0 bridgehead atoms. The van der Waals surface area contributed by atoms with Crippen LogP contribution in [0.1, 0.15) is 6.42 Å². The van der Waals surface area contributed by atoms with E-state index in [-0.39, 0.29) is 34.7 Å². The van der Waals surface area contributed by atoms with E-state index >= 15 is 0 Å². The van der Waals surface area contributed by atoms with Gasteiger partial charge in [-0.25, -0.2) is 4.79 Å². The summed E-state index contributed by atoms with van der Waals surface area (Å²) in [5.74, 6) is 0.255. The van der Waals surface area contributed by atoms with Crippen molar-refractivity contribution in [2.24, 2.45) is 11.5 Å². The number of hydrogen-bond acceptors (Lipinski definition) is 5. The predicted octanol–water partition coefficient (Wildman–Crippen LogP) is -1.29. The number of thiocarbonyl (C=S) groups is 1. The van der Waals surface area contributed by atoms with Crippen molar-refractivity contribution in [2.75, 3.05) is 12.0 Å². The molecule has 0 spiro atoms. The zero-order chi connectivity index (χ0) is 10.3. The normalized spacial score (nSPS) is 11.0. The summed E-state index contributed by atoms with van der Waals surface area (Å²) < 4.78 is 0. The quantitative estimate of drug-likeness (QED) is 0.323. The van der Waals surface area contributed by atoms with Crippen LogP contribution in [0.5, 0.6) is 0 Å². The van der Waals surface area contributed by atoms with Crippen molar-refractivity contribution >= 4 is 64.6 Å². The van der Waals surface area contributed by atoms with E-state index < -0.39 is 12.0 Å². The number of nitrogens with two attached hydrogens (primary N) is 2. The Morgan fingerprint density at radius 1 is 1.71 bits per heavy atom. The van der Waals surface area contributed by atoms with Gasteiger partial charge in [0.25, 0.3) is 0 Å². The molecule has 14 heavy (non-hydrogen) atoms. The molecule has 0 aliphatic heterocycles. The van der Waals surface area contributed by atoms with E-state index in [0.29, 0.717) is 6.42 Å². The number of carbonyl (C=O) groups excluding carboxylic acids is 1. The van der Waals surface area contributed by atoms with Gasteiger partial charge in [-0.05, 0) is 30.6 Å². The maximum atomic E-state index is 11.0. The summed E-state index contributed by atoms with van der Waals surface area (Å²) in [5, 5.41) is -0.0922. The van der Waals surface area contributed by atoms with Crippen LogP contribution in [0.2, 0.25) is 0 Å². The predicted molar refractivity (Wildman–Crippen MR) is 64.1 cm³/mol. The van der Waals surface area contributed by atoms with Crippen molar-refractivity contribution in [2.45, 2.75) is 12.5 Å². The first kappa shape index (κ1) is 16.9. The molecule has 5 N–H and O–H groups in total. The first-order valence-electron chi connectivity index (χ1n) is 3.58. The zero-order valence-corrected chi connectivity index (χ0v) is 8.91. The van der Waals surface area contributed by atoms with Crippen LogP contribution in [0.4, 0.5) is 0 Å². The van der Waals surface area contributed by atoms with Crippen LogP contribution < -0.4 is 16.9 Å². The molecular formula is C6H14N3NaO2S2. The molecule has 0 fully saturated rings. The molecule has 0 aromatic rings. The van der Waals surface area contributed by atoms with E-state index in [2.05, 4.69) is 22.5 Å². The standard InChI is InChI=1S/C6H13N3O2S2.Na.H/c1-13-3-2-4(7)5(10)11-9-6(8)12;;/h4H,2-3,7H2,1H3,(H3,8,9,12);;/t4-;;/m0../s1. The Kier molecular flexibility index (Phi) is 12.1. The molecule has 0 saturated heterocycles. The van der Waals surface area contributed by atoms with E-state index in [1.54, 1.807) is 11.8 Å². The first-order chi connectivity index (χ1) is 6.07. The Morgan fingerprint density at radius 3 is 2.71 bits per heavy atom. The molecule has 0 aromatic carbocycles. The van der Waals surface area contributed by atoms with Crippen molar-refractivity contribution in [3.63, 3.8) is 0 Å². The molecule has 0 heterocycles. The Labute approximate surface area is 115 Å². The summed E-state index contributed by atoms with van der Waals surface area (Å²) in [4.78, 5) is 15.5. The van der Waals surface area contributed by atoms with Crippen LogP contribution in [-0.4, -0.2) is 58.7 Å². The molecular weight excluding hydrogens is 233 g/mol. The van der Waals surface area contributed by atoms with E-state index in [0.717, 1.165) is 5.75 Å². The topological polar surface area (TPSA) is 90.4 Å². The molecule has 0 amide bonds. The van der Waals surface area contributed by atoms with Gasteiger partial charge in [0.15, 0.2) is 5.11 Å². The summed E-state index contributed by atoms with van der Waals surface area (Å²) in [5.41, 5.74) is 12.6. The van der Waals surface area contributed by atoms with Crippen LogP contribution in [0.3, 0.4) is 0 Å². The second-order valence-electron chi connectivity index (χ2n) is 2.28. The number of carbonyl (C=O) groups is 1. The van der Waals surface area contributed by atoms with Crippen molar-refractivity contribution in [1.29, 1.82) is 0 Å². The second-order valence-corrected chi connectivity index (χ2v) is 3.70. The third kappa shape index (κ3) is 9.04. The Morgan fingerprint density at radius 2 is 2.29 bits per heavy atom. The van der Waals surface area contributed by atoms with E-state index in [9.17, 15) is 4.79 Å². The van der Waals surface area contributed by atoms with E-state index in [1.165, 1.54) is 0 Å². The summed E-state index contributed by atoms with van der Waals surface area (Å²) in [6.45, 7) is 0. The van der Waals surface area contributed by atoms with Crippen molar-refractivity contribution in [3.05, 3.63) is 0 Å². The number of nitrogens with one attached hydrogen (secondary N) is 1. The van der Waals surface area contributed by atoms with E-state index in [1.807, 2.05) is 6.26 Å². The molecule has 0 aliphatic carbocycles. The molecule has 0 unspecified atom stereocenters. The number of hydroxylamine groups is 1. The van der Waals surface area contributed by atoms with E-state index in [4.69, 9.17) is 11.5 Å². The van der Waals surface area contributed by atoms with Crippen molar-refractivity contribution in [1.82, 2.24) is 5.48 Å². The maximum absolute atomic E-state index is 11.0. The van der Waals surface area contributed by atoms with Gasteiger partial charge in [0.2, 0.25) is 0 Å². The average molecular weight is 247 g/mol. The summed E-state index contributed by atoms with van der Waals surface area (Å²) in [7, 11) is 0. The molecule has 0 radical (unpaired) electrons. The van der Waals surface area contributed by atoms with Gasteiger partial charge in [0.1, 0.15) is 6.04 Å². The van der Waals surface area contributed by atoms with Gasteiger partial charge in [-0.2, -0.15) is 17.2 Å². The Bertz CT molecular complexity index is 194. The number of thioether (sulfide) groups is 1. The average Bonchev–Trinajstić information content (AvgIpc) is 2.10.